The number of halogens is 4. The van der Waals surface area contributed by atoms with Crippen LogP contribution < -0.4 is 11.3 Å². The smallest absolute Gasteiger partial charge is 0.271 e. The van der Waals surface area contributed by atoms with E-state index in [0.29, 0.717) is 0 Å². The van der Waals surface area contributed by atoms with Gasteiger partial charge in [0.05, 0.1) is 11.6 Å². The minimum absolute atomic E-state index is 0.205. The molecule has 0 radical (unpaired) electrons. The van der Waals surface area contributed by atoms with E-state index in [4.69, 9.17) is 5.84 Å². The summed E-state index contributed by atoms with van der Waals surface area (Å²) in [4.78, 5) is 0. The van der Waals surface area contributed by atoms with Crippen LogP contribution in [0.15, 0.2) is 42.5 Å². The van der Waals surface area contributed by atoms with Crippen molar-refractivity contribution in [2.24, 2.45) is 5.84 Å². The third kappa shape index (κ3) is 3.40. The topological polar surface area (TPSA) is 38.0 Å². The number of aryl methyl sites for hydroxylation is 1. The molecule has 0 aliphatic rings. The zero-order valence-electron chi connectivity index (χ0n) is 11.2. The Morgan fingerprint density at radius 1 is 1.10 bits per heavy atom. The van der Waals surface area contributed by atoms with Crippen molar-refractivity contribution < 1.29 is 17.6 Å². The number of benzene rings is 2. The van der Waals surface area contributed by atoms with Gasteiger partial charge in [-0.25, -0.2) is 9.82 Å². The standard InChI is InChI=1S/C15H14F4N2/c1-9-5-6-13(16)12(7-9)14(21-20)10-3-2-4-11(8-10)15(17,18)19/h2-8,14,21H,20H2,1H3. The van der Waals surface area contributed by atoms with Gasteiger partial charge in [0.2, 0.25) is 0 Å². The number of hydrogen-bond donors (Lipinski definition) is 2. The lowest BCUT2D eigenvalue weighted by Gasteiger charge is -2.19. The summed E-state index contributed by atoms with van der Waals surface area (Å²) < 4.78 is 52.2. The van der Waals surface area contributed by atoms with Crippen LogP contribution in [-0.2, 0) is 6.18 Å². The fraction of sp³-hybridized carbons (Fsp3) is 0.200. The molecule has 2 aromatic carbocycles. The van der Waals surface area contributed by atoms with E-state index in [2.05, 4.69) is 5.43 Å². The molecule has 0 fully saturated rings. The molecule has 0 spiro atoms. The van der Waals surface area contributed by atoms with Crippen molar-refractivity contribution >= 4 is 0 Å². The lowest BCUT2D eigenvalue weighted by atomic mass is 9.96. The van der Waals surface area contributed by atoms with Crippen molar-refractivity contribution in [3.05, 3.63) is 70.5 Å². The predicted octanol–water partition coefficient (Wildman–Crippen LogP) is 3.71. The Morgan fingerprint density at radius 2 is 1.81 bits per heavy atom. The van der Waals surface area contributed by atoms with Crippen LogP contribution >= 0.6 is 0 Å². The van der Waals surface area contributed by atoms with Crippen molar-refractivity contribution in [3.63, 3.8) is 0 Å². The summed E-state index contributed by atoms with van der Waals surface area (Å²) >= 11 is 0. The average molecular weight is 298 g/mol. The molecule has 0 bridgehead atoms. The Morgan fingerprint density at radius 3 is 2.43 bits per heavy atom. The second kappa shape index (κ2) is 5.83. The third-order valence-corrected chi connectivity index (χ3v) is 3.18. The zero-order chi connectivity index (χ0) is 15.6. The van der Waals surface area contributed by atoms with Gasteiger partial charge in [0.15, 0.2) is 0 Å². The summed E-state index contributed by atoms with van der Waals surface area (Å²) in [6.45, 7) is 1.77. The van der Waals surface area contributed by atoms with Gasteiger partial charge in [-0.15, -0.1) is 0 Å². The maximum Gasteiger partial charge on any atom is 0.416 e. The van der Waals surface area contributed by atoms with Gasteiger partial charge in [0, 0.05) is 5.56 Å². The Bertz CT molecular complexity index is 638. The molecule has 0 heterocycles. The van der Waals surface area contributed by atoms with Crippen LogP contribution in [0.3, 0.4) is 0 Å². The molecular weight excluding hydrogens is 284 g/mol. The van der Waals surface area contributed by atoms with Crippen molar-refractivity contribution in [3.8, 4) is 0 Å². The SMILES string of the molecule is Cc1ccc(F)c(C(NN)c2cccc(C(F)(F)F)c2)c1. The predicted molar refractivity (Wildman–Crippen MR) is 71.7 cm³/mol. The van der Waals surface area contributed by atoms with E-state index in [1.165, 1.54) is 18.2 Å². The lowest BCUT2D eigenvalue weighted by molar-refractivity contribution is -0.137. The monoisotopic (exact) mass is 298 g/mol. The fourth-order valence-electron chi connectivity index (χ4n) is 2.14. The summed E-state index contributed by atoms with van der Waals surface area (Å²) in [5, 5.41) is 0. The van der Waals surface area contributed by atoms with Crippen LogP contribution in [0.1, 0.15) is 28.3 Å². The van der Waals surface area contributed by atoms with Gasteiger partial charge in [-0.05, 0) is 30.7 Å². The summed E-state index contributed by atoms with van der Waals surface area (Å²) in [5.41, 5.74) is 2.82. The summed E-state index contributed by atoms with van der Waals surface area (Å²) in [5.74, 6) is 4.89. The van der Waals surface area contributed by atoms with Crippen LogP contribution in [0.4, 0.5) is 17.6 Å². The fourth-order valence-corrected chi connectivity index (χ4v) is 2.14. The highest BCUT2D eigenvalue weighted by molar-refractivity contribution is 5.37. The molecule has 0 aromatic heterocycles. The Balaban J connectivity index is 2.49. The van der Waals surface area contributed by atoms with Gasteiger partial charge in [0.1, 0.15) is 5.82 Å². The molecule has 0 aliphatic heterocycles. The summed E-state index contributed by atoms with van der Waals surface area (Å²) in [6.07, 6.45) is -4.46. The van der Waals surface area contributed by atoms with Crippen LogP contribution in [0, 0.1) is 12.7 Å². The second-order valence-corrected chi connectivity index (χ2v) is 4.75. The van der Waals surface area contributed by atoms with Gasteiger partial charge in [-0.1, -0.05) is 29.8 Å². The van der Waals surface area contributed by atoms with E-state index in [0.717, 1.165) is 17.7 Å². The molecule has 1 atom stereocenters. The van der Waals surface area contributed by atoms with Crippen LogP contribution in [0.5, 0.6) is 0 Å². The van der Waals surface area contributed by atoms with E-state index in [9.17, 15) is 17.6 Å². The molecule has 2 nitrogen and oxygen atoms in total. The Hall–Kier alpha value is -1.92. The number of rotatable bonds is 3. The zero-order valence-corrected chi connectivity index (χ0v) is 11.2. The van der Waals surface area contributed by atoms with Crippen LogP contribution in [0.25, 0.3) is 0 Å². The van der Waals surface area contributed by atoms with E-state index in [-0.39, 0.29) is 11.1 Å². The van der Waals surface area contributed by atoms with E-state index in [1.54, 1.807) is 19.1 Å². The van der Waals surface area contributed by atoms with Crippen molar-refractivity contribution in [2.45, 2.75) is 19.1 Å². The molecule has 21 heavy (non-hydrogen) atoms. The average Bonchev–Trinajstić information content (AvgIpc) is 2.43. The molecule has 112 valence electrons. The van der Waals surface area contributed by atoms with Gasteiger partial charge in [-0.2, -0.15) is 13.2 Å². The van der Waals surface area contributed by atoms with Crippen molar-refractivity contribution in [1.29, 1.82) is 0 Å². The van der Waals surface area contributed by atoms with Crippen molar-refractivity contribution in [2.75, 3.05) is 0 Å². The third-order valence-electron chi connectivity index (χ3n) is 3.18. The molecule has 0 saturated heterocycles. The molecule has 3 N–H and O–H groups in total. The highest BCUT2D eigenvalue weighted by Crippen LogP contribution is 2.32. The quantitative estimate of drug-likeness (QED) is 0.515. The first-order chi connectivity index (χ1) is 9.82. The molecule has 2 rings (SSSR count). The minimum atomic E-state index is -4.46. The summed E-state index contributed by atoms with van der Waals surface area (Å²) in [6, 6.07) is 8.22. The van der Waals surface area contributed by atoms with Crippen molar-refractivity contribution in [1.82, 2.24) is 5.43 Å². The van der Waals surface area contributed by atoms with E-state index < -0.39 is 23.6 Å². The first-order valence-corrected chi connectivity index (χ1v) is 6.22. The van der Waals surface area contributed by atoms with Crippen LogP contribution in [-0.4, -0.2) is 0 Å². The number of alkyl halides is 3. The molecule has 6 heteroatoms. The number of nitrogens with two attached hydrogens (primary N) is 1. The highest BCUT2D eigenvalue weighted by atomic mass is 19.4. The van der Waals surface area contributed by atoms with Gasteiger partial charge < -0.3 is 0 Å². The maximum atomic E-state index is 13.9. The number of hydrazine groups is 1. The molecule has 2 aromatic rings. The van der Waals surface area contributed by atoms with Gasteiger partial charge >= 0.3 is 6.18 Å². The second-order valence-electron chi connectivity index (χ2n) is 4.75. The highest BCUT2D eigenvalue weighted by Gasteiger charge is 2.31. The first-order valence-electron chi connectivity index (χ1n) is 6.22. The van der Waals surface area contributed by atoms with Gasteiger partial charge in [-0.3, -0.25) is 5.84 Å². The number of nitrogens with one attached hydrogen (secondary N) is 1. The molecular formula is C15H14F4N2. The minimum Gasteiger partial charge on any atom is -0.271 e. The number of hydrogen-bond acceptors (Lipinski definition) is 2. The lowest BCUT2D eigenvalue weighted by Crippen LogP contribution is -2.29. The maximum absolute atomic E-state index is 13.9. The molecule has 0 saturated carbocycles. The van der Waals surface area contributed by atoms with E-state index >= 15 is 0 Å². The normalized spacial score (nSPS) is 13.2. The molecule has 0 aliphatic carbocycles. The Labute approximate surface area is 119 Å². The first kappa shape index (κ1) is 15.5. The van der Waals surface area contributed by atoms with Gasteiger partial charge in [0.25, 0.3) is 0 Å². The van der Waals surface area contributed by atoms with E-state index in [1.807, 2.05) is 0 Å². The molecule has 0 amide bonds. The largest absolute Gasteiger partial charge is 0.416 e. The Kier molecular flexibility index (Phi) is 4.29. The molecule has 1 unspecified atom stereocenters. The summed E-state index contributed by atoms with van der Waals surface area (Å²) in [7, 11) is 0. The van der Waals surface area contributed by atoms with Crippen LogP contribution in [0.2, 0.25) is 0 Å².